The standard InChI is InChI=1S/C29H44N4O6S/c1-18(2)40(37,38)32-14-12-21(13-15-32)20-8-6-19(7-9-20)16-24(26(30)34)31-27(35)25-22-10-11-23(17-22)33(25)28(36)39-29(3,4)5/h6-9,18,21-25H,10-17H2,1-5H3,(H2,30,34)(H,31,35)/t22-,23+,24-,25-/m0/s1. The maximum absolute atomic E-state index is 13.4. The molecule has 1 aromatic rings. The van der Waals surface area contributed by atoms with Crippen molar-refractivity contribution >= 4 is 27.9 Å². The summed E-state index contributed by atoms with van der Waals surface area (Å²) in [5.41, 5.74) is 6.99. The van der Waals surface area contributed by atoms with Gasteiger partial charge in [-0.25, -0.2) is 17.5 Å². The van der Waals surface area contributed by atoms with E-state index in [2.05, 4.69) is 5.32 Å². The first kappa shape index (κ1) is 30.3. The lowest BCUT2D eigenvalue weighted by atomic mass is 9.89. The second-order valence-electron chi connectivity index (χ2n) is 12.7. The van der Waals surface area contributed by atoms with E-state index in [4.69, 9.17) is 10.5 Å². The monoisotopic (exact) mass is 576 g/mol. The third-order valence-electron chi connectivity index (χ3n) is 8.42. The van der Waals surface area contributed by atoms with Crippen molar-refractivity contribution in [3.63, 3.8) is 0 Å². The Morgan fingerprint density at radius 1 is 1.05 bits per heavy atom. The quantitative estimate of drug-likeness (QED) is 0.488. The number of carbonyl (C=O) groups excluding carboxylic acids is 3. The first-order valence-corrected chi connectivity index (χ1v) is 15.9. The van der Waals surface area contributed by atoms with Crippen LogP contribution < -0.4 is 11.1 Å². The smallest absolute Gasteiger partial charge is 0.411 e. The molecule has 1 aliphatic carbocycles. The van der Waals surface area contributed by atoms with Crippen molar-refractivity contribution in [3.8, 4) is 0 Å². The number of likely N-dealkylation sites (tertiary alicyclic amines) is 1. The molecule has 0 aromatic heterocycles. The van der Waals surface area contributed by atoms with E-state index in [1.165, 1.54) is 0 Å². The molecule has 4 rings (SSSR count). The number of ether oxygens (including phenoxy) is 1. The summed E-state index contributed by atoms with van der Waals surface area (Å²) in [6.45, 7) is 9.81. The molecule has 3 fully saturated rings. The van der Waals surface area contributed by atoms with Crippen molar-refractivity contribution in [2.75, 3.05) is 13.1 Å². The zero-order chi connectivity index (χ0) is 29.4. The number of sulfonamides is 1. The second kappa shape index (κ2) is 11.7. The summed E-state index contributed by atoms with van der Waals surface area (Å²) >= 11 is 0. The van der Waals surface area contributed by atoms with Crippen LogP contribution in [0.3, 0.4) is 0 Å². The number of primary amides is 1. The number of nitrogens with one attached hydrogen (secondary N) is 1. The third kappa shape index (κ3) is 6.62. The van der Waals surface area contributed by atoms with Gasteiger partial charge in [0.1, 0.15) is 17.7 Å². The molecule has 3 N–H and O–H groups in total. The van der Waals surface area contributed by atoms with Gasteiger partial charge >= 0.3 is 6.09 Å². The Labute approximate surface area is 238 Å². The molecule has 4 atom stereocenters. The number of hydrogen-bond acceptors (Lipinski definition) is 6. The van der Waals surface area contributed by atoms with Crippen LogP contribution in [0.1, 0.15) is 83.8 Å². The van der Waals surface area contributed by atoms with Gasteiger partial charge in [-0.15, -0.1) is 0 Å². The largest absolute Gasteiger partial charge is 0.444 e. The van der Waals surface area contributed by atoms with Gasteiger partial charge in [-0.2, -0.15) is 0 Å². The van der Waals surface area contributed by atoms with Crippen molar-refractivity contribution in [1.29, 1.82) is 0 Å². The van der Waals surface area contributed by atoms with Gasteiger partial charge in [0, 0.05) is 25.6 Å². The maximum Gasteiger partial charge on any atom is 0.411 e. The minimum absolute atomic E-state index is 0.0345. The van der Waals surface area contributed by atoms with Crippen molar-refractivity contribution in [2.24, 2.45) is 11.7 Å². The molecular weight excluding hydrogens is 532 g/mol. The van der Waals surface area contributed by atoms with E-state index in [1.807, 2.05) is 24.3 Å². The molecule has 2 bridgehead atoms. The molecule has 2 heterocycles. The fourth-order valence-electron chi connectivity index (χ4n) is 6.29. The van der Waals surface area contributed by atoms with Crippen LogP contribution in [-0.4, -0.2) is 77.6 Å². The highest BCUT2D eigenvalue weighted by molar-refractivity contribution is 7.89. The highest BCUT2D eigenvalue weighted by Crippen LogP contribution is 2.43. The van der Waals surface area contributed by atoms with Gasteiger partial charge in [-0.3, -0.25) is 14.5 Å². The van der Waals surface area contributed by atoms with Crippen molar-refractivity contribution in [2.45, 2.75) is 108 Å². The minimum Gasteiger partial charge on any atom is -0.444 e. The summed E-state index contributed by atoms with van der Waals surface area (Å²) in [6.07, 6.45) is 3.69. The van der Waals surface area contributed by atoms with Gasteiger partial charge in [0.15, 0.2) is 0 Å². The highest BCUT2D eigenvalue weighted by Gasteiger charge is 2.52. The van der Waals surface area contributed by atoms with Crippen LogP contribution in [0.25, 0.3) is 0 Å². The Bertz CT molecular complexity index is 1200. The summed E-state index contributed by atoms with van der Waals surface area (Å²) in [7, 11) is -3.24. The van der Waals surface area contributed by atoms with E-state index < -0.39 is 45.0 Å². The summed E-state index contributed by atoms with van der Waals surface area (Å²) in [5.74, 6) is -0.715. The van der Waals surface area contributed by atoms with Crippen LogP contribution in [0, 0.1) is 5.92 Å². The number of nitrogens with zero attached hydrogens (tertiary/aromatic N) is 2. The van der Waals surface area contributed by atoms with Gasteiger partial charge in [0.2, 0.25) is 21.8 Å². The third-order valence-corrected chi connectivity index (χ3v) is 10.7. The fraction of sp³-hybridized carbons (Fsp3) is 0.690. The number of fused-ring (bicyclic) bond motifs is 2. The molecule has 10 nitrogen and oxygen atoms in total. The van der Waals surface area contributed by atoms with Crippen LogP contribution in [0.4, 0.5) is 4.79 Å². The normalized spacial score (nSPS) is 24.8. The molecule has 0 radical (unpaired) electrons. The number of piperidine rings is 2. The lowest BCUT2D eigenvalue weighted by molar-refractivity contribution is -0.132. The molecule has 11 heteroatoms. The number of hydrogen-bond donors (Lipinski definition) is 2. The Kier molecular flexibility index (Phi) is 8.85. The summed E-state index contributed by atoms with van der Waals surface area (Å²) in [6, 6.07) is 6.25. The second-order valence-corrected chi connectivity index (χ2v) is 15.2. The topological polar surface area (TPSA) is 139 Å². The number of carbonyl (C=O) groups is 3. The number of amides is 3. The van der Waals surface area contributed by atoms with Crippen LogP contribution >= 0.6 is 0 Å². The predicted octanol–water partition coefficient (Wildman–Crippen LogP) is 2.90. The van der Waals surface area contributed by atoms with Gasteiger partial charge in [0.25, 0.3) is 0 Å². The van der Waals surface area contributed by atoms with Crippen molar-refractivity contribution < 1.29 is 27.5 Å². The van der Waals surface area contributed by atoms with Crippen LogP contribution in [0.15, 0.2) is 24.3 Å². The Balaban J connectivity index is 1.38. The SMILES string of the molecule is CC(C)S(=O)(=O)N1CCC(c2ccc(C[C@H](NC(=O)[C@@H]3[C@H]4CC[C@H](C4)N3C(=O)OC(C)(C)C)C(N)=O)cc2)CC1. The Morgan fingerprint density at radius 3 is 2.23 bits per heavy atom. The van der Waals surface area contributed by atoms with Crippen molar-refractivity contribution in [1.82, 2.24) is 14.5 Å². The fourth-order valence-corrected chi connectivity index (χ4v) is 7.60. The molecule has 2 aliphatic heterocycles. The van der Waals surface area contributed by atoms with E-state index in [9.17, 15) is 22.8 Å². The zero-order valence-corrected chi connectivity index (χ0v) is 25.1. The highest BCUT2D eigenvalue weighted by atomic mass is 32.2. The lowest BCUT2D eigenvalue weighted by Crippen LogP contribution is -2.57. The molecule has 3 amide bonds. The van der Waals surface area contributed by atoms with Crippen LogP contribution in [0.5, 0.6) is 0 Å². The molecule has 1 saturated carbocycles. The number of benzene rings is 1. The number of rotatable bonds is 8. The number of nitrogens with two attached hydrogens (primary N) is 1. The van der Waals surface area contributed by atoms with Crippen molar-refractivity contribution in [3.05, 3.63) is 35.4 Å². The maximum atomic E-state index is 13.4. The average Bonchev–Trinajstić information content (AvgIpc) is 3.50. The summed E-state index contributed by atoms with van der Waals surface area (Å²) in [4.78, 5) is 40.2. The first-order valence-electron chi connectivity index (χ1n) is 14.4. The van der Waals surface area contributed by atoms with E-state index in [0.29, 0.717) is 13.1 Å². The lowest BCUT2D eigenvalue weighted by Gasteiger charge is -2.36. The molecule has 222 valence electrons. The average molecular weight is 577 g/mol. The van der Waals surface area contributed by atoms with Crippen LogP contribution in [0.2, 0.25) is 0 Å². The van der Waals surface area contributed by atoms with Crippen LogP contribution in [-0.2, 0) is 30.8 Å². The van der Waals surface area contributed by atoms with E-state index in [0.717, 1.165) is 43.2 Å². The Hall–Kier alpha value is -2.66. The van der Waals surface area contributed by atoms with Gasteiger partial charge in [-0.1, -0.05) is 24.3 Å². The summed E-state index contributed by atoms with van der Waals surface area (Å²) in [5, 5.41) is 2.40. The minimum atomic E-state index is -3.24. The molecule has 0 spiro atoms. The van der Waals surface area contributed by atoms with Gasteiger partial charge < -0.3 is 15.8 Å². The molecular formula is C29H44N4O6S. The van der Waals surface area contributed by atoms with E-state index >= 15 is 0 Å². The van der Waals surface area contributed by atoms with Gasteiger partial charge in [-0.05, 0) is 89.7 Å². The van der Waals surface area contributed by atoms with Gasteiger partial charge in [0.05, 0.1) is 5.25 Å². The molecule has 0 unspecified atom stereocenters. The van der Waals surface area contributed by atoms with E-state index in [-0.39, 0.29) is 30.2 Å². The molecule has 40 heavy (non-hydrogen) atoms. The summed E-state index contributed by atoms with van der Waals surface area (Å²) < 4.78 is 32.1. The molecule has 2 saturated heterocycles. The van der Waals surface area contributed by atoms with E-state index in [1.54, 1.807) is 43.8 Å². The predicted molar refractivity (Wildman–Crippen MR) is 152 cm³/mol. The molecule has 1 aromatic carbocycles. The molecule has 3 aliphatic rings. The zero-order valence-electron chi connectivity index (χ0n) is 24.3. The first-order chi connectivity index (χ1) is 18.7. The Morgan fingerprint density at radius 2 is 1.68 bits per heavy atom.